The van der Waals surface area contributed by atoms with Crippen molar-refractivity contribution in [3.63, 3.8) is 0 Å². The summed E-state index contributed by atoms with van der Waals surface area (Å²) in [4.78, 5) is 19.1. The molecule has 2 atom stereocenters. The molecule has 1 fully saturated rings. The molecule has 0 aromatic carbocycles. The van der Waals surface area contributed by atoms with Gasteiger partial charge in [0.2, 0.25) is 5.91 Å². The molecule has 0 bridgehead atoms. The molecule has 1 saturated heterocycles. The van der Waals surface area contributed by atoms with Gasteiger partial charge in [0, 0.05) is 30.5 Å². The molecule has 3 aromatic heterocycles. The predicted molar refractivity (Wildman–Crippen MR) is 121 cm³/mol. The van der Waals surface area contributed by atoms with Gasteiger partial charge in [0.1, 0.15) is 5.76 Å². The van der Waals surface area contributed by atoms with Crippen molar-refractivity contribution in [2.24, 2.45) is 0 Å². The van der Waals surface area contributed by atoms with Gasteiger partial charge >= 0.3 is 0 Å². The van der Waals surface area contributed by atoms with E-state index in [0.717, 1.165) is 11.3 Å². The number of pyridine rings is 1. The van der Waals surface area contributed by atoms with Gasteiger partial charge in [-0.05, 0) is 44.5 Å². The summed E-state index contributed by atoms with van der Waals surface area (Å²) in [7, 11) is -3.08. The Kier molecular flexibility index (Phi) is 6.66. The van der Waals surface area contributed by atoms with Crippen LogP contribution < -0.4 is 0 Å². The number of hydrogen-bond donors (Lipinski definition) is 0. The van der Waals surface area contributed by atoms with Crippen LogP contribution in [0.5, 0.6) is 0 Å². The average molecular weight is 476 g/mol. The van der Waals surface area contributed by atoms with Crippen LogP contribution in [-0.2, 0) is 21.2 Å². The fourth-order valence-electron chi connectivity index (χ4n) is 3.84. The molecular weight excluding hydrogens is 450 g/mol. The van der Waals surface area contributed by atoms with Crippen LogP contribution in [0.4, 0.5) is 0 Å². The number of sulfone groups is 1. The van der Waals surface area contributed by atoms with E-state index in [1.165, 1.54) is 11.8 Å². The summed E-state index contributed by atoms with van der Waals surface area (Å²) >= 11 is 1.30. The van der Waals surface area contributed by atoms with Crippen LogP contribution in [0.2, 0.25) is 0 Å². The van der Waals surface area contributed by atoms with Crippen LogP contribution in [0.25, 0.3) is 11.4 Å². The molecular formula is C21H25N5O4S2. The molecule has 9 nitrogen and oxygen atoms in total. The van der Waals surface area contributed by atoms with Gasteiger partial charge in [-0.1, -0.05) is 11.8 Å². The van der Waals surface area contributed by atoms with E-state index < -0.39 is 15.1 Å². The summed E-state index contributed by atoms with van der Waals surface area (Å²) in [5.41, 5.74) is 0.809. The second-order valence-electron chi connectivity index (χ2n) is 7.65. The van der Waals surface area contributed by atoms with E-state index in [0.29, 0.717) is 30.5 Å². The van der Waals surface area contributed by atoms with Crippen LogP contribution in [-0.4, -0.2) is 68.3 Å². The molecule has 1 amide bonds. The van der Waals surface area contributed by atoms with Gasteiger partial charge in [0.05, 0.1) is 29.6 Å². The third-order valence-corrected chi connectivity index (χ3v) is 8.25. The molecule has 32 heavy (non-hydrogen) atoms. The molecule has 11 heteroatoms. The maximum absolute atomic E-state index is 13.2. The van der Waals surface area contributed by atoms with Crippen LogP contribution >= 0.6 is 11.8 Å². The Balaban J connectivity index is 1.57. The molecule has 0 aliphatic carbocycles. The molecule has 0 radical (unpaired) electrons. The van der Waals surface area contributed by atoms with Crippen molar-refractivity contribution in [3.05, 3.63) is 48.7 Å². The first-order chi connectivity index (χ1) is 15.4. The van der Waals surface area contributed by atoms with Gasteiger partial charge in [0.25, 0.3) is 0 Å². The molecule has 1 aliphatic heterocycles. The number of nitrogens with zero attached hydrogens (tertiary/aromatic N) is 5. The number of thioether (sulfide) groups is 1. The Bertz CT molecular complexity index is 1160. The molecule has 4 rings (SSSR count). The van der Waals surface area contributed by atoms with E-state index in [1.807, 2.05) is 42.7 Å². The quantitative estimate of drug-likeness (QED) is 0.457. The maximum Gasteiger partial charge on any atom is 0.236 e. The smallest absolute Gasteiger partial charge is 0.236 e. The minimum atomic E-state index is -3.08. The van der Waals surface area contributed by atoms with Crippen molar-refractivity contribution in [3.8, 4) is 11.4 Å². The van der Waals surface area contributed by atoms with Crippen molar-refractivity contribution in [2.45, 2.75) is 43.3 Å². The predicted octanol–water partition coefficient (Wildman–Crippen LogP) is 2.50. The second-order valence-corrected chi connectivity index (χ2v) is 11.2. The Hall–Kier alpha value is -2.66. The van der Waals surface area contributed by atoms with Crippen molar-refractivity contribution in [1.29, 1.82) is 0 Å². The number of hydrogen-bond acceptors (Lipinski definition) is 8. The number of rotatable bonds is 8. The molecule has 4 heterocycles. The van der Waals surface area contributed by atoms with Gasteiger partial charge in [-0.2, -0.15) is 0 Å². The second kappa shape index (κ2) is 9.45. The average Bonchev–Trinajstić information content (AvgIpc) is 3.51. The van der Waals surface area contributed by atoms with Crippen molar-refractivity contribution < 1.29 is 17.6 Å². The fraction of sp³-hybridized carbons (Fsp3) is 0.429. The van der Waals surface area contributed by atoms with E-state index in [-0.39, 0.29) is 23.5 Å². The van der Waals surface area contributed by atoms with E-state index in [2.05, 4.69) is 15.2 Å². The molecule has 0 spiro atoms. The molecule has 0 saturated carbocycles. The molecule has 170 valence electrons. The highest BCUT2D eigenvalue weighted by Gasteiger charge is 2.36. The lowest BCUT2D eigenvalue weighted by atomic mass is 10.2. The third kappa shape index (κ3) is 4.88. The minimum absolute atomic E-state index is 0.0315. The third-order valence-electron chi connectivity index (χ3n) is 5.43. The summed E-state index contributed by atoms with van der Waals surface area (Å²) < 4.78 is 31.2. The topological polar surface area (TPSA) is 111 Å². The first-order valence-corrected chi connectivity index (χ1v) is 13.1. The normalized spacial score (nSPS) is 18.5. The summed E-state index contributed by atoms with van der Waals surface area (Å²) in [5.74, 6) is 1.43. The molecule has 1 aliphatic rings. The van der Waals surface area contributed by atoms with Crippen molar-refractivity contribution in [1.82, 2.24) is 24.6 Å². The lowest BCUT2D eigenvalue weighted by Crippen LogP contribution is -2.44. The number of furan rings is 1. The molecule has 0 N–H and O–H groups in total. The van der Waals surface area contributed by atoms with Gasteiger partial charge in [0.15, 0.2) is 20.8 Å². The highest BCUT2D eigenvalue weighted by molar-refractivity contribution is 8.00. The highest BCUT2D eigenvalue weighted by atomic mass is 32.2. The van der Waals surface area contributed by atoms with Crippen LogP contribution in [0, 0.1) is 0 Å². The monoisotopic (exact) mass is 475 g/mol. The number of carbonyl (C=O) groups is 1. The first kappa shape index (κ1) is 22.5. The zero-order chi connectivity index (χ0) is 22.7. The minimum Gasteiger partial charge on any atom is -0.467 e. The van der Waals surface area contributed by atoms with Gasteiger partial charge in [-0.3, -0.25) is 14.3 Å². The Morgan fingerprint density at radius 2 is 2.19 bits per heavy atom. The summed E-state index contributed by atoms with van der Waals surface area (Å²) in [6.07, 6.45) is 5.50. The maximum atomic E-state index is 13.2. The Morgan fingerprint density at radius 3 is 2.81 bits per heavy atom. The molecule has 2 unspecified atom stereocenters. The van der Waals surface area contributed by atoms with Crippen LogP contribution in [0.15, 0.2) is 52.5 Å². The van der Waals surface area contributed by atoms with Crippen molar-refractivity contribution >= 4 is 27.5 Å². The Morgan fingerprint density at radius 1 is 1.34 bits per heavy atom. The zero-order valence-electron chi connectivity index (χ0n) is 17.9. The SMILES string of the molecule is CCN(C(=O)C(C)Sc1nnc(-c2cccnc2)n1Cc1ccco1)C1CCS(=O)(=O)C1. The van der Waals surface area contributed by atoms with E-state index in [9.17, 15) is 13.2 Å². The summed E-state index contributed by atoms with van der Waals surface area (Å²) in [6, 6.07) is 7.15. The summed E-state index contributed by atoms with van der Waals surface area (Å²) in [6.45, 7) is 4.56. The van der Waals surface area contributed by atoms with E-state index >= 15 is 0 Å². The van der Waals surface area contributed by atoms with Crippen LogP contribution in [0.3, 0.4) is 0 Å². The summed E-state index contributed by atoms with van der Waals surface area (Å²) in [5, 5.41) is 8.81. The van der Waals surface area contributed by atoms with Crippen molar-refractivity contribution in [2.75, 3.05) is 18.1 Å². The van der Waals surface area contributed by atoms with Gasteiger partial charge in [-0.15, -0.1) is 10.2 Å². The van der Waals surface area contributed by atoms with Gasteiger partial charge in [-0.25, -0.2) is 8.42 Å². The zero-order valence-corrected chi connectivity index (χ0v) is 19.6. The lowest BCUT2D eigenvalue weighted by Gasteiger charge is -2.29. The fourth-order valence-corrected chi connectivity index (χ4v) is 6.49. The lowest BCUT2D eigenvalue weighted by molar-refractivity contribution is -0.131. The number of aromatic nitrogens is 4. The highest BCUT2D eigenvalue weighted by Crippen LogP contribution is 2.29. The van der Waals surface area contributed by atoms with Gasteiger partial charge < -0.3 is 9.32 Å². The Labute approximate surface area is 191 Å². The number of carbonyl (C=O) groups excluding carboxylic acids is 1. The van der Waals surface area contributed by atoms with E-state index in [1.54, 1.807) is 23.6 Å². The molecule has 3 aromatic rings. The number of amides is 1. The first-order valence-electron chi connectivity index (χ1n) is 10.4. The van der Waals surface area contributed by atoms with Crippen LogP contribution in [0.1, 0.15) is 26.0 Å². The standard InChI is InChI=1S/C21H25N5O4S2/c1-3-25(17-8-11-32(28,29)14-17)20(27)15(2)31-21-24-23-19(16-6-4-9-22-12-16)26(21)13-18-7-5-10-30-18/h4-7,9-10,12,15,17H,3,8,11,13-14H2,1-2H3. The largest absolute Gasteiger partial charge is 0.467 e. The van der Waals surface area contributed by atoms with E-state index in [4.69, 9.17) is 4.42 Å².